The van der Waals surface area contributed by atoms with Gasteiger partial charge in [-0.1, -0.05) is 6.07 Å². The summed E-state index contributed by atoms with van der Waals surface area (Å²) in [5.74, 6) is -1.54. The largest absolute Gasteiger partial charge is 0.338 e. The highest BCUT2D eigenvalue weighted by molar-refractivity contribution is 7.91. The zero-order chi connectivity index (χ0) is 20.5. The third kappa shape index (κ3) is 4.17. The average molecular weight is 407 g/mol. The first-order chi connectivity index (χ1) is 13.2. The third-order valence-corrected chi connectivity index (χ3v) is 7.14. The van der Waals surface area contributed by atoms with Gasteiger partial charge in [0.25, 0.3) is 0 Å². The molecule has 2 fully saturated rings. The zero-order valence-electron chi connectivity index (χ0n) is 15.6. The number of carbonyl (C=O) groups is 2. The summed E-state index contributed by atoms with van der Waals surface area (Å²) in [7, 11) is -3.12. The van der Waals surface area contributed by atoms with Gasteiger partial charge in [0.1, 0.15) is 5.82 Å². The Kier molecular flexibility index (Phi) is 5.70. The molecule has 0 radical (unpaired) electrons. The monoisotopic (exact) mass is 407 g/mol. The van der Waals surface area contributed by atoms with Gasteiger partial charge >= 0.3 is 0 Å². The molecule has 2 atom stereocenters. The smallest absolute Gasteiger partial charge is 0.228 e. The van der Waals surface area contributed by atoms with Crippen molar-refractivity contribution in [2.45, 2.75) is 32.4 Å². The van der Waals surface area contributed by atoms with Crippen LogP contribution in [0.25, 0.3) is 0 Å². The lowest BCUT2D eigenvalue weighted by Crippen LogP contribution is -2.40. The van der Waals surface area contributed by atoms with Gasteiger partial charge in [-0.25, -0.2) is 12.8 Å². The molecule has 7 nitrogen and oxygen atoms in total. The Morgan fingerprint density at radius 3 is 2.75 bits per heavy atom. The quantitative estimate of drug-likeness (QED) is 0.727. The molecule has 1 aromatic carbocycles. The second-order valence-electron chi connectivity index (χ2n) is 7.27. The number of benzene rings is 1. The van der Waals surface area contributed by atoms with Gasteiger partial charge in [-0.2, -0.15) is 5.26 Å². The molecule has 9 heteroatoms. The molecule has 0 saturated carbocycles. The molecule has 0 unspecified atom stereocenters. The minimum Gasteiger partial charge on any atom is -0.338 e. The molecule has 0 bridgehead atoms. The third-order valence-electron chi connectivity index (χ3n) is 5.39. The van der Waals surface area contributed by atoms with Crippen LogP contribution in [0.1, 0.15) is 30.9 Å². The molecule has 150 valence electrons. The first kappa shape index (κ1) is 20.3. The summed E-state index contributed by atoms with van der Waals surface area (Å²) in [5.41, 5.74) is 0.511. The molecule has 0 N–H and O–H groups in total. The van der Waals surface area contributed by atoms with E-state index in [0.29, 0.717) is 18.5 Å². The lowest BCUT2D eigenvalue weighted by Gasteiger charge is -2.26. The Bertz CT molecular complexity index is 941. The van der Waals surface area contributed by atoms with E-state index in [-0.39, 0.29) is 54.4 Å². The van der Waals surface area contributed by atoms with Gasteiger partial charge in [-0.05, 0) is 25.5 Å². The van der Waals surface area contributed by atoms with Crippen molar-refractivity contribution in [3.63, 3.8) is 0 Å². The fourth-order valence-electron chi connectivity index (χ4n) is 3.83. The van der Waals surface area contributed by atoms with Gasteiger partial charge in [0, 0.05) is 37.7 Å². The van der Waals surface area contributed by atoms with Crippen molar-refractivity contribution in [3.8, 4) is 6.07 Å². The first-order valence-electron chi connectivity index (χ1n) is 9.21. The predicted octanol–water partition coefficient (Wildman–Crippen LogP) is 1.08. The van der Waals surface area contributed by atoms with E-state index in [1.54, 1.807) is 6.92 Å². The second-order valence-corrected chi connectivity index (χ2v) is 9.50. The summed E-state index contributed by atoms with van der Waals surface area (Å²) in [6.45, 7) is 2.37. The standard InChI is InChI=1S/C19H22FN3O4S/c1-2-22(10-14-4-3-13(9-21)7-17(14)20)19(25)15-8-18(24)23(11-15)16-5-6-28(26,27)12-16/h3-4,7,15-16H,2,5-6,8,10-12H2,1H3/t15-,16-/m0/s1. The van der Waals surface area contributed by atoms with Crippen LogP contribution in [-0.2, 0) is 26.0 Å². The molecule has 1 aromatic rings. The highest BCUT2D eigenvalue weighted by atomic mass is 32.2. The van der Waals surface area contributed by atoms with Crippen LogP contribution >= 0.6 is 0 Å². The van der Waals surface area contributed by atoms with E-state index in [0.717, 1.165) is 6.07 Å². The summed E-state index contributed by atoms with van der Waals surface area (Å²) in [6.07, 6.45) is 0.449. The van der Waals surface area contributed by atoms with E-state index in [4.69, 9.17) is 5.26 Å². The molecule has 0 spiro atoms. The van der Waals surface area contributed by atoms with E-state index >= 15 is 0 Å². The van der Waals surface area contributed by atoms with Crippen LogP contribution in [0.5, 0.6) is 0 Å². The van der Waals surface area contributed by atoms with Gasteiger partial charge in [0.05, 0.1) is 29.1 Å². The van der Waals surface area contributed by atoms with E-state index in [1.807, 2.05) is 6.07 Å². The molecule has 0 aliphatic carbocycles. The summed E-state index contributed by atoms with van der Waals surface area (Å²) >= 11 is 0. The maximum atomic E-state index is 14.2. The average Bonchev–Trinajstić information content (AvgIpc) is 3.22. The van der Waals surface area contributed by atoms with Gasteiger partial charge in [0.2, 0.25) is 11.8 Å². The number of carbonyl (C=O) groups excluding carboxylic acids is 2. The number of rotatable bonds is 5. The number of halogens is 1. The van der Waals surface area contributed by atoms with E-state index in [1.165, 1.54) is 21.9 Å². The molecule has 0 aromatic heterocycles. The number of nitriles is 1. The topological polar surface area (TPSA) is 98.5 Å². The van der Waals surface area contributed by atoms with Crippen LogP contribution in [0.2, 0.25) is 0 Å². The van der Waals surface area contributed by atoms with E-state index < -0.39 is 21.6 Å². The van der Waals surface area contributed by atoms with Crippen molar-refractivity contribution < 1.29 is 22.4 Å². The van der Waals surface area contributed by atoms with Crippen molar-refractivity contribution in [2.75, 3.05) is 24.6 Å². The Hall–Kier alpha value is -2.47. The van der Waals surface area contributed by atoms with Crippen LogP contribution < -0.4 is 0 Å². The minimum atomic E-state index is -3.12. The Morgan fingerprint density at radius 2 is 2.18 bits per heavy atom. The normalized spacial score (nSPS) is 23.6. The predicted molar refractivity (Wildman–Crippen MR) is 99.1 cm³/mol. The molecule has 2 heterocycles. The fraction of sp³-hybridized carbons (Fsp3) is 0.526. The van der Waals surface area contributed by atoms with Crippen molar-refractivity contribution in [2.24, 2.45) is 5.92 Å². The number of amides is 2. The molecular formula is C19H22FN3O4S. The van der Waals surface area contributed by atoms with Gasteiger partial charge < -0.3 is 9.80 Å². The molecule has 28 heavy (non-hydrogen) atoms. The lowest BCUT2D eigenvalue weighted by atomic mass is 10.1. The van der Waals surface area contributed by atoms with Crippen molar-refractivity contribution in [3.05, 3.63) is 35.1 Å². The summed E-state index contributed by atoms with van der Waals surface area (Å²) in [6, 6.07) is 5.62. The van der Waals surface area contributed by atoms with Crippen LogP contribution in [0.3, 0.4) is 0 Å². The van der Waals surface area contributed by atoms with Gasteiger partial charge in [-0.3, -0.25) is 9.59 Å². The first-order valence-corrected chi connectivity index (χ1v) is 11.0. The van der Waals surface area contributed by atoms with Crippen LogP contribution in [-0.4, -0.2) is 60.7 Å². The SMILES string of the molecule is CCN(Cc1ccc(C#N)cc1F)C(=O)[C@H]1CC(=O)N([C@H]2CCS(=O)(=O)C2)C1. The molecule has 2 aliphatic heterocycles. The second kappa shape index (κ2) is 7.87. The maximum absolute atomic E-state index is 14.2. The van der Waals surface area contributed by atoms with Gasteiger partial charge in [-0.15, -0.1) is 0 Å². The van der Waals surface area contributed by atoms with Crippen LogP contribution in [0.15, 0.2) is 18.2 Å². The van der Waals surface area contributed by atoms with Crippen molar-refractivity contribution >= 4 is 21.7 Å². The maximum Gasteiger partial charge on any atom is 0.228 e. The summed E-state index contributed by atoms with van der Waals surface area (Å²) in [5, 5.41) is 8.83. The molecular weight excluding hydrogens is 385 g/mol. The number of nitrogens with zero attached hydrogens (tertiary/aromatic N) is 3. The number of hydrogen-bond donors (Lipinski definition) is 0. The minimum absolute atomic E-state index is 0.0434. The summed E-state index contributed by atoms with van der Waals surface area (Å²) in [4.78, 5) is 28.3. The van der Waals surface area contributed by atoms with E-state index in [2.05, 4.69) is 0 Å². The number of hydrogen-bond acceptors (Lipinski definition) is 5. The van der Waals surface area contributed by atoms with Crippen molar-refractivity contribution in [1.29, 1.82) is 5.26 Å². The van der Waals surface area contributed by atoms with E-state index in [9.17, 15) is 22.4 Å². The molecule has 2 aliphatic rings. The highest BCUT2D eigenvalue weighted by Gasteiger charge is 2.42. The lowest BCUT2D eigenvalue weighted by molar-refractivity contribution is -0.136. The van der Waals surface area contributed by atoms with Crippen molar-refractivity contribution in [1.82, 2.24) is 9.80 Å². The fourth-order valence-corrected chi connectivity index (χ4v) is 5.56. The van der Waals surface area contributed by atoms with Gasteiger partial charge in [0.15, 0.2) is 9.84 Å². The highest BCUT2D eigenvalue weighted by Crippen LogP contribution is 2.27. The zero-order valence-corrected chi connectivity index (χ0v) is 16.4. The van der Waals surface area contributed by atoms with Crippen LogP contribution in [0, 0.1) is 23.1 Å². The summed E-state index contributed by atoms with van der Waals surface area (Å²) < 4.78 is 37.5. The Labute approximate surface area is 163 Å². The Morgan fingerprint density at radius 1 is 1.43 bits per heavy atom. The molecule has 3 rings (SSSR count). The molecule has 2 amide bonds. The Balaban J connectivity index is 1.68. The number of likely N-dealkylation sites (tertiary alicyclic amines) is 1. The van der Waals surface area contributed by atoms with Crippen LogP contribution in [0.4, 0.5) is 4.39 Å². The molecule has 2 saturated heterocycles. The number of sulfone groups is 1.